The van der Waals surface area contributed by atoms with Crippen molar-refractivity contribution in [1.82, 2.24) is 9.62 Å². The lowest BCUT2D eigenvalue weighted by Gasteiger charge is -2.33. The van der Waals surface area contributed by atoms with Gasteiger partial charge in [0, 0.05) is 29.6 Å². The zero-order valence-corrected chi connectivity index (χ0v) is 19.8. The molecule has 1 aliphatic heterocycles. The molecule has 3 aliphatic rings. The second kappa shape index (κ2) is 9.18. The molecule has 0 atom stereocenters. The molecular weight excluding hydrogens is 436 g/mol. The predicted molar refractivity (Wildman–Crippen MR) is 128 cm³/mol. The molecule has 0 spiro atoms. The average molecular weight is 469 g/mol. The Hall–Kier alpha value is -2.25. The molecule has 6 nitrogen and oxygen atoms in total. The van der Waals surface area contributed by atoms with Crippen LogP contribution in [0.5, 0.6) is 0 Å². The van der Waals surface area contributed by atoms with Gasteiger partial charge < -0.3 is 0 Å². The van der Waals surface area contributed by atoms with Gasteiger partial charge in [-0.2, -0.15) is 4.31 Å². The van der Waals surface area contributed by atoms with Crippen LogP contribution < -0.4 is 5.32 Å². The molecule has 0 aromatic heterocycles. The van der Waals surface area contributed by atoms with Crippen LogP contribution >= 0.6 is 0 Å². The van der Waals surface area contributed by atoms with Crippen LogP contribution in [0.25, 0.3) is 10.8 Å². The minimum atomic E-state index is -3.78. The Morgan fingerprint density at radius 3 is 1.97 bits per heavy atom. The minimum absolute atomic E-state index is 0.151. The molecule has 2 fully saturated rings. The summed E-state index contributed by atoms with van der Waals surface area (Å²) >= 11 is 0. The van der Waals surface area contributed by atoms with Gasteiger partial charge in [-0.1, -0.05) is 50.7 Å². The first-order valence-electron chi connectivity index (χ1n) is 12.4. The maximum absolute atomic E-state index is 14.0. The van der Waals surface area contributed by atoms with Crippen LogP contribution in [0, 0.1) is 11.8 Å². The molecule has 0 unspecified atom stereocenters. The molecule has 2 amide bonds. The van der Waals surface area contributed by atoms with Crippen molar-refractivity contribution in [2.45, 2.75) is 69.1 Å². The molecule has 33 heavy (non-hydrogen) atoms. The molecule has 2 saturated carbocycles. The minimum Gasteiger partial charge on any atom is -0.288 e. The van der Waals surface area contributed by atoms with Crippen LogP contribution in [-0.4, -0.2) is 37.6 Å². The van der Waals surface area contributed by atoms with Crippen LogP contribution in [-0.2, 0) is 10.0 Å². The van der Waals surface area contributed by atoms with E-state index in [0.29, 0.717) is 41.3 Å². The summed E-state index contributed by atoms with van der Waals surface area (Å²) in [6.45, 7) is 1.11. The SMILES string of the molecule is O=C1NC(=O)c2cc(S(=O)(=O)N(CC3CCCCC3)CC3CCCCC3)cc3cccc1c23. The Morgan fingerprint density at radius 2 is 1.36 bits per heavy atom. The summed E-state index contributed by atoms with van der Waals surface area (Å²) in [6, 6.07) is 8.28. The lowest BCUT2D eigenvalue weighted by Crippen LogP contribution is -2.40. The summed E-state index contributed by atoms with van der Waals surface area (Å²) < 4.78 is 29.7. The third kappa shape index (κ3) is 4.45. The first-order chi connectivity index (χ1) is 15.9. The van der Waals surface area contributed by atoms with E-state index in [-0.39, 0.29) is 10.5 Å². The molecule has 0 radical (unpaired) electrons. The van der Waals surface area contributed by atoms with E-state index < -0.39 is 21.8 Å². The van der Waals surface area contributed by atoms with Crippen LogP contribution in [0.15, 0.2) is 35.2 Å². The number of hydrogen-bond donors (Lipinski definition) is 1. The van der Waals surface area contributed by atoms with Crippen molar-refractivity contribution in [2.24, 2.45) is 11.8 Å². The third-order valence-corrected chi connectivity index (χ3v) is 9.49. The Balaban J connectivity index is 1.54. The highest BCUT2D eigenvalue weighted by Gasteiger charge is 2.33. The monoisotopic (exact) mass is 468 g/mol. The second-order valence-electron chi connectivity index (χ2n) is 9.99. The predicted octanol–water partition coefficient (Wildman–Crippen LogP) is 4.87. The smallest absolute Gasteiger partial charge is 0.258 e. The van der Waals surface area contributed by atoms with Crippen LogP contribution in [0.2, 0.25) is 0 Å². The second-order valence-corrected chi connectivity index (χ2v) is 11.9. The lowest BCUT2D eigenvalue weighted by atomic mass is 9.87. The molecule has 5 rings (SSSR count). The van der Waals surface area contributed by atoms with Crippen molar-refractivity contribution in [2.75, 3.05) is 13.1 Å². The van der Waals surface area contributed by atoms with Crippen molar-refractivity contribution in [3.63, 3.8) is 0 Å². The fourth-order valence-corrected chi connectivity index (χ4v) is 7.55. The van der Waals surface area contributed by atoms with Crippen molar-refractivity contribution in [3.8, 4) is 0 Å². The highest BCUT2D eigenvalue weighted by molar-refractivity contribution is 7.89. The Labute approximate surface area is 195 Å². The van der Waals surface area contributed by atoms with E-state index in [0.717, 1.165) is 25.7 Å². The highest BCUT2D eigenvalue weighted by atomic mass is 32.2. The van der Waals surface area contributed by atoms with Gasteiger partial charge in [0.15, 0.2) is 0 Å². The van der Waals surface area contributed by atoms with E-state index in [2.05, 4.69) is 5.32 Å². The number of carbonyl (C=O) groups excluding carboxylic acids is 2. The van der Waals surface area contributed by atoms with E-state index in [4.69, 9.17) is 0 Å². The van der Waals surface area contributed by atoms with E-state index in [1.54, 1.807) is 28.6 Å². The van der Waals surface area contributed by atoms with E-state index >= 15 is 0 Å². The molecule has 0 saturated heterocycles. The van der Waals surface area contributed by atoms with Crippen molar-refractivity contribution < 1.29 is 18.0 Å². The highest BCUT2D eigenvalue weighted by Crippen LogP contribution is 2.34. The van der Waals surface area contributed by atoms with Gasteiger partial charge >= 0.3 is 0 Å². The molecule has 1 N–H and O–H groups in total. The topological polar surface area (TPSA) is 83.5 Å². The van der Waals surface area contributed by atoms with Crippen molar-refractivity contribution >= 4 is 32.6 Å². The summed E-state index contributed by atoms with van der Waals surface area (Å²) in [5.74, 6) is -0.191. The average Bonchev–Trinajstić information content (AvgIpc) is 2.83. The number of hydrogen-bond acceptors (Lipinski definition) is 4. The summed E-state index contributed by atoms with van der Waals surface area (Å²) in [5.41, 5.74) is 0.670. The number of sulfonamides is 1. The standard InChI is InChI=1S/C26H32N2O4S/c29-25-22-13-7-12-20-14-21(15-23(24(20)22)26(30)27-25)33(31,32)28(16-18-8-3-1-4-9-18)17-19-10-5-2-6-11-19/h7,12-15,18-19H,1-6,8-11,16-17H2,(H,27,29,30). The molecule has 176 valence electrons. The molecule has 2 aliphatic carbocycles. The van der Waals surface area contributed by atoms with Gasteiger partial charge in [-0.3, -0.25) is 14.9 Å². The maximum Gasteiger partial charge on any atom is 0.258 e. The van der Waals surface area contributed by atoms with Crippen molar-refractivity contribution in [1.29, 1.82) is 0 Å². The summed E-state index contributed by atoms with van der Waals surface area (Å²) in [6.07, 6.45) is 11.4. The zero-order valence-electron chi connectivity index (χ0n) is 19.0. The van der Waals surface area contributed by atoms with Gasteiger partial charge in [-0.05, 0) is 61.1 Å². The number of rotatable bonds is 6. The van der Waals surface area contributed by atoms with Gasteiger partial charge in [-0.15, -0.1) is 0 Å². The van der Waals surface area contributed by atoms with E-state index in [1.165, 1.54) is 44.6 Å². The molecular formula is C26H32N2O4S. The fraction of sp³-hybridized carbons (Fsp3) is 0.538. The van der Waals surface area contributed by atoms with Crippen LogP contribution in [0.1, 0.15) is 84.9 Å². The number of carbonyl (C=O) groups is 2. The van der Waals surface area contributed by atoms with Crippen LogP contribution in [0.4, 0.5) is 0 Å². The van der Waals surface area contributed by atoms with Gasteiger partial charge in [0.1, 0.15) is 0 Å². The Bertz CT molecular complexity index is 1160. The molecule has 1 heterocycles. The van der Waals surface area contributed by atoms with E-state index in [9.17, 15) is 18.0 Å². The van der Waals surface area contributed by atoms with Crippen molar-refractivity contribution in [3.05, 3.63) is 41.5 Å². The number of nitrogens with zero attached hydrogens (tertiary/aromatic N) is 1. The lowest BCUT2D eigenvalue weighted by molar-refractivity contribution is 0.0845. The summed E-state index contributed by atoms with van der Waals surface area (Å²) in [4.78, 5) is 25.0. The fourth-order valence-electron chi connectivity index (χ4n) is 5.89. The van der Waals surface area contributed by atoms with Gasteiger partial charge in [0.25, 0.3) is 11.8 Å². The number of imide groups is 1. The van der Waals surface area contributed by atoms with Gasteiger partial charge in [0.05, 0.1) is 4.90 Å². The maximum atomic E-state index is 14.0. The van der Waals surface area contributed by atoms with E-state index in [1.807, 2.05) is 0 Å². The Kier molecular flexibility index (Phi) is 6.27. The third-order valence-electron chi connectivity index (χ3n) is 7.68. The van der Waals surface area contributed by atoms with Crippen LogP contribution in [0.3, 0.4) is 0 Å². The zero-order chi connectivity index (χ0) is 23.0. The first kappa shape index (κ1) is 22.5. The molecule has 0 bridgehead atoms. The number of amides is 2. The summed E-state index contributed by atoms with van der Waals surface area (Å²) in [7, 11) is -3.78. The quantitative estimate of drug-likeness (QED) is 0.613. The Morgan fingerprint density at radius 1 is 0.788 bits per heavy atom. The molecule has 7 heteroatoms. The number of nitrogens with one attached hydrogen (secondary N) is 1. The molecule has 2 aromatic rings. The summed E-state index contributed by atoms with van der Waals surface area (Å²) in [5, 5.41) is 3.50. The number of benzene rings is 2. The largest absolute Gasteiger partial charge is 0.288 e. The first-order valence-corrected chi connectivity index (χ1v) is 13.8. The normalized spacial score (nSPS) is 20.4. The van der Waals surface area contributed by atoms with Gasteiger partial charge in [0.2, 0.25) is 10.0 Å². The van der Waals surface area contributed by atoms with Gasteiger partial charge in [-0.25, -0.2) is 8.42 Å². The molecule has 2 aromatic carbocycles.